The van der Waals surface area contributed by atoms with E-state index in [9.17, 15) is 15.2 Å². The second kappa shape index (κ2) is 7.01. The van der Waals surface area contributed by atoms with Crippen molar-refractivity contribution in [2.45, 2.75) is 45.1 Å². The molecular formula is C13H19NO3. The summed E-state index contributed by atoms with van der Waals surface area (Å²) >= 11 is 0. The number of aliphatic hydroxyl groups excluding tert-OH is 1. The molecule has 1 N–H and O–H groups in total. The fraction of sp³-hybridized carbons (Fsp3) is 0.538. The van der Waals surface area contributed by atoms with Crippen LogP contribution in [0.1, 0.15) is 38.2 Å². The van der Waals surface area contributed by atoms with E-state index >= 15 is 0 Å². The summed E-state index contributed by atoms with van der Waals surface area (Å²) in [6, 6.07) is 6.79. The molecule has 0 saturated carbocycles. The Balaban J connectivity index is 2.49. The van der Waals surface area contributed by atoms with Crippen molar-refractivity contribution in [2.24, 2.45) is 0 Å². The Morgan fingerprint density at radius 3 is 2.71 bits per heavy atom. The van der Waals surface area contributed by atoms with Gasteiger partial charge in [0.25, 0.3) is 5.69 Å². The maximum atomic E-state index is 10.8. The van der Waals surface area contributed by atoms with Crippen LogP contribution in [0.15, 0.2) is 24.3 Å². The number of nitro benzene ring substituents is 1. The first-order valence-electron chi connectivity index (χ1n) is 6.05. The van der Waals surface area contributed by atoms with Gasteiger partial charge in [-0.25, -0.2) is 0 Å². The molecule has 4 nitrogen and oxygen atoms in total. The van der Waals surface area contributed by atoms with Gasteiger partial charge in [-0.15, -0.1) is 0 Å². The molecule has 4 heteroatoms. The molecule has 1 aromatic rings. The topological polar surface area (TPSA) is 63.4 Å². The van der Waals surface area contributed by atoms with Crippen molar-refractivity contribution in [3.63, 3.8) is 0 Å². The molecule has 1 atom stereocenters. The summed E-state index contributed by atoms with van der Waals surface area (Å²) in [5.74, 6) is 0. The van der Waals surface area contributed by atoms with Crippen molar-refractivity contribution in [3.05, 3.63) is 39.9 Å². The lowest BCUT2D eigenvalue weighted by molar-refractivity contribution is -0.385. The van der Waals surface area contributed by atoms with Gasteiger partial charge in [0.1, 0.15) is 0 Å². The Bertz CT molecular complexity index is 365. The summed E-state index contributed by atoms with van der Waals surface area (Å²) in [5, 5.41) is 20.3. The fourth-order valence-electron chi connectivity index (χ4n) is 1.91. The van der Waals surface area contributed by atoms with Crippen LogP contribution in [0.25, 0.3) is 0 Å². The van der Waals surface area contributed by atoms with E-state index in [1.807, 2.05) is 13.0 Å². The van der Waals surface area contributed by atoms with Gasteiger partial charge in [0.15, 0.2) is 0 Å². The van der Waals surface area contributed by atoms with Crippen LogP contribution in [0, 0.1) is 10.1 Å². The van der Waals surface area contributed by atoms with Crippen LogP contribution < -0.4 is 0 Å². The van der Waals surface area contributed by atoms with Crippen molar-refractivity contribution < 1.29 is 10.0 Å². The number of benzene rings is 1. The molecule has 17 heavy (non-hydrogen) atoms. The number of nitrogens with zero attached hydrogens (tertiary/aromatic N) is 1. The number of hydrogen-bond donors (Lipinski definition) is 1. The predicted octanol–water partition coefficient (Wildman–Crippen LogP) is 3.08. The van der Waals surface area contributed by atoms with Gasteiger partial charge in [-0.1, -0.05) is 31.5 Å². The Labute approximate surface area is 101 Å². The number of aryl methyl sites for hydroxylation is 1. The Morgan fingerprint density at radius 1 is 1.35 bits per heavy atom. The molecule has 0 bridgehead atoms. The van der Waals surface area contributed by atoms with Gasteiger partial charge in [0, 0.05) is 11.6 Å². The third kappa shape index (κ3) is 4.53. The minimum atomic E-state index is -0.349. The van der Waals surface area contributed by atoms with E-state index < -0.39 is 0 Å². The lowest BCUT2D eigenvalue weighted by Gasteiger charge is -2.08. The van der Waals surface area contributed by atoms with Gasteiger partial charge in [0.2, 0.25) is 0 Å². The van der Waals surface area contributed by atoms with E-state index in [-0.39, 0.29) is 16.7 Å². The maximum absolute atomic E-state index is 10.8. The average Bonchev–Trinajstić information content (AvgIpc) is 2.30. The molecule has 94 valence electrons. The minimum Gasteiger partial charge on any atom is -0.393 e. The summed E-state index contributed by atoms with van der Waals surface area (Å²) in [5.41, 5.74) is 0.929. The summed E-state index contributed by atoms with van der Waals surface area (Å²) in [6.07, 6.45) is 3.63. The third-order valence-electron chi connectivity index (χ3n) is 2.79. The molecule has 1 unspecified atom stereocenters. The number of hydrogen-bond acceptors (Lipinski definition) is 3. The zero-order valence-corrected chi connectivity index (χ0v) is 10.1. The molecule has 0 aliphatic heterocycles. The van der Waals surface area contributed by atoms with Crippen LogP contribution in [0.4, 0.5) is 5.69 Å². The highest BCUT2D eigenvalue weighted by molar-refractivity contribution is 5.39. The van der Waals surface area contributed by atoms with Crippen LogP contribution in [0.5, 0.6) is 0 Å². The van der Waals surface area contributed by atoms with E-state index in [1.165, 1.54) is 6.07 Å². The van der Waals surface area contributed by atoms with Gasteiger partial charge < -0.3 is 5.11 Å². The predicted molar refractivity (Wildman–Crippen MR) is 66.9 cm³/mol. The molecule has 1 rings (SSSR count). The fourth-order valence-corrected chi connectivity index (χ4v) is 1.91. The van der Waals surface area contributed by atoms with Crippen molar-refractivity contribution in [2.75, 3.05) is 0 Å². The number of para-hydroxylation sites is 1. The number of aliphatic hydroxyl groups is 1. The molecule has 0 amide bonds. The standard InChI is InChI=1S/C13H19NO3/c1-2-6-12(15)9-5-8-11-7-3-4-10-13(11)14(16)17/h3-4,7,10,12,15H,2,5-6,8-9H2,1H3. The zero-order valence-electron chi connectivity index (χ0n) is 10.1. The number of nitro groups is 1. The van der Waals surface area contributed by atoms with Crippen molar-refractivity contribution in [1.82, 2.24) is 0 Å². The minimum absolute atomic E-state index is 0.178. The normalized spacial score (nSPS) is 12.4. The van der Waals surface area contributed by atoms with E-state index in [4.69, 9.17) is 0 Å². The monoisotopic (exact) mass is 237 g/mol. The van der Waals surface area contributed by atoms with Crippen LogP contribution in [-0.4, -0.2) is 16.1 Å². The van der Waals surface area contributed by atoms with Gasteiger partial charge >= 0.3 is 0 Å². The second-order valence-corrected chi connectivity index (χ2v) is 4.22. The molecule has 0 saturated heterocycles. The molecule has 0 aliphatic rings. The van der Waals surface area contributed by atoms with Crippen molar-refractivity contribution >= 4 is 5.69 Å². The SMILES string of the molecule is CCCC(O)CCCc1ccccc1[N+](=O)[O-]. The number of rotatable bonds is 7. The smallest absolute Gasteiger partial charge is 0.272 e. The van der Waals surface area contributed by atoms with Gasteiger partial charge in [0.05, 0.1) is 11.0 Å². The van der Waals surface area contributed by atoms with Crippen LogP contribution in [0.2, 0.25) is 0 Å². The highest BCUT2D eigenvalue weighted by Gasteiger charge is 2.12. The maximum Gasteiger partial charge on any atom is 0.272 e. The third-order valence-corrected chi connectivity index (χ3v) is 2.79. The molecule has 0 aliphatic carbocycles. The van der Waals surface area contributed by atoms with Crippen LogP contribution in [-0.2, 0) is 6.42 Å². The zero-order chi connectivity index (χ0) is 12.7. The molecule has 1 aromatic carbocycles. The lowest BCUT2D eigenvalue weighted by atomic mass is 10.0. The van der Waals surface area contributed by atoms with Crippen LogP contribution in [0.3, 0.4) is 0 Å². The largest absolute Gasteiger partial charge is 0.393 e. The molecule has 0 radical (unpaired) electrons. The van der Waals surface area contributed by atoms with Crippen LogP contribution >= 0.6 is 0 Å². The van der Waals surface area contributed by atoms with Gasteiger partial charge in [-0.05, 0) is 25.7 Å². The highest BCUT2D eigenvalue weighted by atomic mass is 16.6. The quantitative estimate of drug-likeness (QED) is 0.585. The molecule has 0 heterocycles. The van der Waals surface area contributed by atoms with Crippen molar-refractivity contribution in [1.29, 1.82) is 0 Å². The Kier molecular flexibility index (Phi) is 5.63. The van der Waals surface area contributed by atoms with E-state index in [0.717, 1.165) is 24.8 Å². The van der Waals surface area contributed by atoms with E-state index in [0.29, 0.717) is 12.8 Å². The Morgan fingerprint density at radius 2 is 2.06 bits per heavy atom. The lowest BCUT2D eigenvalue weighted by Crippen LogP contribution is -2.06. The van der Waals surface area contributed by atoms with Gasteiger partial charge in [-0.2, -0.15) is 0 Å². The van der Waals surface area contributed by atoms with E-state index in [1.54, 1.807) is 12.1 Å². The molecule has 0 spiro atoms. The molecule has 0 aromatic heterocycles. The summed E-state index contributed by atoms with van der Waals surface area (Å²) in [4.78, 5) is 10.4. The first-order chi connectivity index (χ1) is 8.15. The second-order valence-electron chi connectivity index (χ2n) is 4.22. The molecular weight excluding hydrogens is 218 g/mol. The molecule has 0 fully saturated rings. The van der Waals surface area contributed by atoms with Crippen molar-refractivity contribution in [3.8, 4) is 0 Å². The van der Waals surface area contributed by atoms with Gasteiger partial charge in [-0.3, -0.25) is 10.1 Å². The first kappa shape index (κ1) is 13.6. The summed E-state index contributed by atoms with van der Waals surface area (Å²) < 4.78 is 0. The summed E-state index contributed by atoms with van der Waals surface area (Å²) in [7, 11) is 0. The average molecular weight is 237 g/mol. The highest BCUT2D eigenvalue weighted by Crippen LogP contribution is 2.20. The van der Waals surface area contributed by atoms with E-state index in [2.05, 4.69) is 0 Å². The Hall–Kier alpha value is -1.42. The first-order valence-corrected chi connectivity index (χ1v) is 6.05. The summed E-state index contributed by atoms with van der Waals surface area (Å²) in [6.45, 7) is 2.03.